The van der Waals surface area contributed by atoms with Crippen molar-refractivity contribution in [1.29, 1.82) is 0 Å². The number of aliphatic imine (C=N–C) groups is 1. The lowest BCUT2D eigenvalue weighted by Crippen LogP contribution is -2.39. The van der Waals surface area contributed by atoms with E-state index in [-0.39, 0.29) is 11.7 Å². The first-order valence-corrected chi connectivity index (χ1v) is 10.6. The van der Waals surface area contributed by atoms with Crippen LogP contribution in [0.1, 0.15) is 37.7 Å². The summed E-state index contributed by atoms with van der Waals surface area (Å²) in [5.74, 6) is -0.0372. The van der Waals surface area contributed by atoms with Gasteiger partial charge in [0.25, 0.3) is 0 Å². The number of benzene rings is 1. The number of anilines is 1. The summed E-state index contributed by atoms with van der Waals surface area (Å²) in [7, 11) is 1.60. The van der Waals surface area contributed by atoms with Crippen LogP contribution in [0.25, 0.3) is 0 Å². The lowest BCUT2D eigenvalue weighted by Gasteiger charge is -2.35. The number of hydrogen-bond acceptors (Lipinski definition) is 5. The molecule has 7 heteroatoms. The Morgan fingerprint density at radius 3 is 2.80 bits per heavy atom. The number of allylic oxidation sites excluding steroid dienone is 2. The Morgan fingerprint density at radius 2 is 2.07 bits per heavy atom. The smallest absolute Gasteiger partial charge is 0.235 e. The standard InChI is InChI=1S/C23H22BrN3O3/c1-13-20(23(29)27-19-10-9-15(24)12-25-19)21(14-5-3-6-16(11-14)30-2)22-17(26-13)7-4-8-18(22)28/h3,5-6,9-12,20-21H,4,7-8H2,1-2H3,(H,25,27,29)/t20?,21-/m0/s1. The van der Waals surface area contributed by atoms with Crippen LogP contribution in [0.3, 0.4) is 0 Å². The molecule has 2 heterocycles. The molecule has 1 aromatic carbocycles. The fourth-order valence-corrected chi connectivity index (χ4v) is 4.43. The van der Waals surface area contributed by atoms with Gasteiger partial charge in [-0.15, -0.1) is 0 Å². The fourth-order valence-electron chi connectivity index (χ4n) is 4.19. The second-order valence-electron chi connectivity index (χ2n) is 7.47. The quantitative estimate of drug-likeness (QED) is 0.707. The maximum Gasteiger partial charge on any atom is 0.235 e. The van der Waals surface area contributed by atoms with Crippen molar-refractivity contribution in [3.8, 4) is 5.75 Å². The van der Waals surface area contributed by atoms with Crippen LogP contribution in [0.4, 0.5) is 5.82 Å². The van der Waals surface area contributed by atoms with Gasteiger partial charge in [-0.05, 0) is 65.5 Å². The van der Waals surface area contributed by atoms with Crippen LogP contribution in [0, 0.1) is 5.92 Å². The first-order chi connectivity index (χ1) is 14.5. The third kappa shape index (κ3) is 3.94. The Labute approximate surface area is 183 Å². The summed E-state index contributed by atoms with van der Waals surface area (Å²) in [6.07, 6.45) is 3.65. The number of amides is 1. The summed E-state index contributed by atoms with van der Waals surface area (Å²) < 4.78 is 6.22. The third-order valence-electron chi connectivity index (χ3n) is 5.55. The number of hydrogen-bond donors (Lipinski definition) is 1. The van der Waals surface area contributed by atoms with Crippen LogP contribution >= 0.6 is 15.9 Å². The average molecular weight is 468 g/mol. The molecule has 2 aliphatic rings. The number of ether oxygens (including phenoxy) is 1. The van der Waals surface area contributed by atoms with Crippen molar-refractivity contribution >= 4 is 39.1 Å². The summed E-state index contributed by atoms with van der Waals surface area (Å²) >= 11 is 3.35. The van der Waals surface area contributed by atoms with Crippen molar-refractivity contribution in [3.63, 3.8) is 0 Å². The van der Waals surface area contributed by atoms with E-state index in [2.05, 4.69) is 31.2 Å². The number of ketones is 1. The first-order valence-electron chi connectivity index (χ1n) is 9.85. The van der Waals surface area contributed by atoms with Gasteiger partial charge in [0.1, 0.15) is 11.6 Å². The minimum Gasteiger partial charge on any atom is -0.497 e. The Hall–Kier alpha value is -2.80. The van der Waals surface area contributed by atoms with E-state index >= 15 is 0 Å². The molecule has 0 saturated carbocycles. The van der Waals surface area contributed by atoms with E-state index in [1.165, 1.54) is 0 Å². The summed E-state index contributed by atoms with van der Waals surface area (Å²) in [5.41, 5.74) is 3.03. The number of carbonyl (C=O) groups is 2. The lowest BCUT2D eigenvalue weighted by atomic mass is 9.71. The molecule has 0 radical (unpaired) electrons. The Kier molecular flexibility index (Phi) is 5.81. The van der Waals surface area contributed by atoms with Gasteiger partial charge in [-0.3, -0.25) is 14.6 Å². The highest BCUT2D eigenvalue weighted by atomic mass is 79.9. The molecule has 0 fully saturated rings. The molecule has 30 heavy (non-hydrogen) atoms. The van der Waals surface area contributed by atoms with Crippen molar-refractivity contribution in [1.82, 2.24) is 4.98 Å². The van der Waals surface area contributed by atoms with Crippen LogP contribution in [0.2, 0.25) is 0 Å². The summed E-state index contributed by atoms with van der Waals surface area (Å²) in [4.78, 5) is 35.2. The molecule has 4 rings (SSSR count). The van der Waals surface area contributed by atoms with Gasteiger partial charge < -0.3 is 10.1 Å². The van der Waals surface area contributed by atoms with Gasteiger partial charge in [0.2, 0.25) is 5.91 Å². The molecule has 1 amide bonds. The van der Waals surface area contributed by atoms with Crippen molar-refractivity contribution in [2.45, 2.75) is 32.1 Å². The van der Waals surface area contributed by atoms with E-state index in [9.17, 15) is 9.59 Å². The van der Waals surface area contributed by atoms with Crippen LogP contribution in [-0.4, -0.2) is 29.5 Å². The molecule has 1 aliphatic heterocycles. The highest BCUT2D eigenvalue weighted by Gasteiger charge is 2.42. The maximum atomic E-state index is 13.4. The summed E-state index contributed by atoms with van der Waals surface area (Å²) in [6, 6.07) is 11.1. The van der Waals surface area contributed by atoms with E-state index in [1.807, 2.05) is 37.3 Å². The number of nitrogens with one attached hydrogen (secondary N) is 1. The number of rotatable bonds is 4. The zero-order valence-electron chi connectivity index (χ0n) is 16.8. The summed E-state index contributed by atoms with van der Waals surface area (Å²) in [6.45, 7) is 1.86. The zero-order valence-corrected chi connectivity index (χ0v) is 18.4. The van der Waals surface area contributed by atoms with Gasteiger partial charge in [-0.2, -0.15) is 0 Å². The fraction of sp³-hybridized carbons (Fsp3) is 0.304. The van der Waals surface area contributed by atoms with Gasteiger partial charge >= 0.3 is 0 Å². The van der Waals surface area contributed by atoms with Gasteiger partial charge in [-0.25, -0.2) is 4.98 Å². The Balaban J connectivity index is 1.77. The number of halogens is 1. The molecule has 1 aromatic heterocycles. The van der Waals surface area contributed by atoms with E-state index in [4.69, 9.17) is 4.74 Å². The predicted molar refractivity (Wildman–Crippen MR) is 119 cm³/mol. The Morgan fingerprint density at radius 1 is 1.23 bits per heavy atom. The highest BCUT2D eigenvalue weighted by Crippen LogP contribution is 2.44. The molecule has 0 bridgehead atoms. The van der Waals surface area contributed by atoms with Crippen LogP contribution in [-0.2, 0) is 9.59 Å². The number of Topliss-reactive ketones (excluding diaryl/α,β-unsaturated/α-hetero) is 1. The van der Waals surface area contributed by atoms with Gasteiger partial charge in [0, 0.05) is 40.0 Å². The molecule has 154 valence electrons. The van der Waals surface area contributed by atoms with Gasteiger partial charge in [-0.1, -0.05) is 12.1 Å². The predicted octanol–water partition coefficient (Wildman–Crippen LogP) is 4.67. The van der Waals surface area contributed by atoms with Crippen molar-refractivity contribution in [2.75, 3.05) is 12.4 Å². The summed E-state index contributed by atoms with van der Waals surface area (Å²) in [5, 5.41) is 2.89. The van der Waals surface area contributed by atoms with E-state index in [1.54, 1.807) is 19.4 Å². The first kappa shape index (κ1) is 20.5. The molecule has 1 aliphatic carbocycles. The molecule has 0 spiro atoms. The topological polar surface area (TPSA) is 80.6 Å². The average Bonchev–Trinajstić information content (AvgIpc) is 2.74. The molecule has 6 nitrogen and oxygen atoms in total. The second-order valence-corrected chi connectivity index (χ2v) is 8.39. The second kappa shape index (κ2) is 8.52. The number of pyridine rings is 1. The van der Waals surface area contributed by atoms with Crippen molar-refractivity contribution in [2.24, 2.45) is 10.9 Å². The van der Waals surface area contributed by atoms with Gasteiger partial charge in [0.05, 0.1) is 13.0 Å². The normalized spacial score (nSPS) is 21.0. The molecule has 2 atom stereocenters. The van der Waals surface area contributed by atoms with Crippen LogP contribution in [0.15, 0.2) is 63.3 Å². The zero-order chi connectivity index (χ0) is 21.3. The molecule has 2 aromatic rings. The lowest BCUT2D eigenvalue weighted by molar-refractivity contribution is -0.119. The van der Waals surface area contributed by atoms with Crippen LogP contribution < -0.4 is 10.1 Å². The largest absolute Gasteiger partial charge is 0.497 e. The van der Waals surface area contributed by atoms with Gasteiger partial charge in [0.15, 0.2) is 5.78 Å². The third-order valence-corrected chi connectivity index (χ3v) is 6.02. The molecule has 1 N–H and O–H groups in total. The number of nitrogens with zero attached hydrogens (tertiary/aromatic N) is 2. The molecule has 1 unspecified atom stereocenters. The highest BCUT2D eigenvalue weighted by molar-refractivity contribution is 9.10. The number of carbonyl (C=O) groups excluding carboxylic acids is 2. The maximum absolute atomic E-state index is 13.4. The van der Waals surface area contributed by atoms with E-state index in [0.717, 1.165) is 28.6 Å². The van der Waals surface area contributed by atoms with Crippen LogP contribution in [0.5, 0.6) is 5.75 Å². The molecular formula is C23H22BrN3O3. The van der Waals surface area contributed by atoms with E-state index in [0.29, 0.717) is 29.3 Å². The Bertz CT molecular complexity index is 1060. The van der Waals surface area contributed by atoms with Crippen molar-refractivity contribution in [3.05, 3.63) is 63.9 Å². The monoisotopic (exact) mass is 467 g/mol. The minimum atomic E-state index is -0.608. The molecular weight excluding hydrogens is 446 g/mol. The molecule has 0 saturated heterocycles. The number of aromatic nitrogens is 1. The number of methoxy groups -OCH3 is 1. The minimum absolute atomic E-state index is 0.0693. The van der Waals surface area contributed by atoms with E-state index < -0.39 is 11.8 Å². The van der Waals surface area contributed by atoms with Crippen molar-refractivity contribution < 1.29 is 14.3 Å². The SMILES string of the molecule is COc1cccc([C@@H]2C3=C(CCCC3=O)N=C(C)C2C(=O)Nc2ccc(Br)cn2)c1.